The van der Waals surface area contributed by atoms with E-state index in [1.807, 2.05) is 26.8 Å². The van der Waals surface area contributed by atoms with Crippen LogP contribution in [0.15, 0.2) is 21.8 Å². The second kappa shape index (κ2) is 11.8. The summed E-state index contributed by atoms with van der Waals surface area (Å²) in [4.78, 5) is 21.6. The maximum Gasteiger partial charge on any atom is 0.407 e. The van der Waals surface area contributed by atoms with Crippen molar-refractivity contribution >= 4 is 12.1 Å². The molecule has 1 amide bonds. The van der Waals surface area contributed by atoms with Gasteiger partial charge in [0, 0.05) is 45.3 Å². The van der Waals surface area contributed by atoms with E-state index in [1.165, 1.54) is 0 Å². The molecule has 1 aromatic heterocycles. The second-order valence-electron chi connectivity index (χ2n) is 8.58. The number of piperazine rings is 1. The molecule has 1 saturated heterocycles. The Kier molecular flexibility index (Phi) is 9.42. The summed E-state index contributed by atoms with van der Waals surface area (Å²) in [5.74, 6) is 0.894. The molecule has 0 saturated carbocycles. The molecular weight excluding hydrogens is 384 g/mol. The molecule has 170 valence electrons. The summed E-state index contributed by atoms with van der Waals surface area (Å²) >= 11 is 0. The van der Waals surface area contributed by atoms with E-state index in [1.54, 1.807) is 6.26 Å². The monoisotopic (exact) mass is 422 g/mol. The number of carbonyl (C=O) groups excluding carboxylic acids is 1. The Morgan fingerprint density at radius 2 is 2.03 bits per heavy atom. The summed E-state index contributed by atoms with van der Waals surface area (Å²) in [5, 5.41) is 10.4. The molecule has 2 rings (SSSR count). The number of carbonyl (C=O) groups is 1. The maximum atomic E-state index is 12.2. The third kappa shape index (κ3) is 8.61. The summed E-state index contributed by atoms with van der Waals surface area (Å²) in [6.45, 7) is 15.6. The third-order valence-corrected chi connectivity index (χ3v) is 4.70. The van der Waals surface area contributed by atoms with Crippen molar-refractivity contribution in [3.8, 4) is 0 Å². The van der Waals surface area contributed by atoms with E-state index in [0.29, 0.717) is 6.54 Å². The third-order valence-electron chi connectivity index (χ3n) is 4.70. The van der Waals surface area contributed by atoms with Gasteiger partial charge in [-0.3, -0.25) is 9.89 Å². The molecule has 1 atom stereocenters. The highest BCUT2D eigenvalue weighted by atomic mass is 16.6. The lowest BCUT2D eigenvalue weighted by Gasteiger charge is -2.36. The number of guanidine groups is 1. The first-order valence-corrected chi connectivity index (χ1v) is 10.9. The van der Waals surface area contributed by atoms with Crippen molar-refractivity contribution in [2.45, 2.75) is 65.6 Å². The molecule has 0 spiro atoms. The number of aliphatic imine (C=N–C) groups is 1. The van der Waals surface area contributed by atoms with Gasteiger partial charge in [-0.05, 0) is 34.1 Å². The summed E-state index contributed by atoms with van der Waals surface area (Å²) in [6, 6.07) is 1.86. The Balaban J connectivity index is 1.90. The molecular formula is C21H38N6O3. The smallest absolute Gasteiger partial charge is 0.407 e. The van der Waals surface area contributed by atoms with Crippen LogP contribution < -0.4 is 10.6 Å². The fourth-order valence-electron chi connectivity index (χ4n) is 3.32. The first kappa shape index (κ1) is 24.0. The highest BCUT2D eigenvalue weighted by Gasteiger charge is 2.22. The normalized spacial score (nSPS) is 17.0. The van der Waals surface area contributed by atoms with Crippen molar-refractivity contribution in [1.29, 1.82) is 0 Å². The number of rotatable bonds is 8. The van der Waals surface area contributed by atoms with Gasteiger partial charge in [-0.25, -0.2) is 4.79 Å². The van der Waals surface area contributed by atoms with E-state index >= 15 is 0 Å². The van der Waals surface area contributed by atoms with Crippen molar-refractivity contribution in [3.05, 3.63) is 18.0 Å². The minimum Gasteiger partial charge on any atom is -0.444 e. The minimum absolute atomic E-state index is 0.0491. The van der Waals surface area contributed by atoms with Crippen molar-refractivity contribution in [2.24, 2.45) is 4.99 Å². The quantitative estimate of drug-likeness (QED) is 0.491. The van der Waals surface area contributed by atoms with Gasteiger partial charge in [0.25, 0.3) is 0 Å². The summed E-state index contributed by atoms with van der Waals surface area (Å²) in [7, 11) is 0. The molecule has 0 aliphatic carbocycles. The Morgan fingerprint density at radius 1 is 1.30 bits per heavy atom. The zero-order valence-corrected chi connectivity index (χ0v) is 19.1. The zero-order chi connectivity index (χ0) is 22.0. The van der Waals surface area contributed by atoms with Crippen LogP contribution in [-0.4, -0.2) is 77.9 Å². The molecule has 0 aromatic carbocycles. The molecule has 2 heterocycles. The van der Waals surface area contributed by atoms with Gasteiger partial charge in [-0.1, -0.05) is 18.5 Å². The number of nitrogens with zero attached hydrogens (tertiary/aromatic N) is 4. The lowest BCUT2D eigenvalue weighted by Crippen LogP contribution is -2.52. The number of ether oxygens (including phenoxy) is 1. The van der Waals surface area contributed by atoms with Crippen molar-refractivity contribution < 1.29 is 14.1 Å². The van der Waals surface area contributed by atoms with Crippen molar-refractivity contribution in [3.63, 3.8) is 0 Å². The molecule has 0 radical (unpaired) electrons. The molecule has 9 heteroatoms. The Labute approximate surface area is 180 Å². The number of hydrogen-bond donors (Lipinski definition) is 2. The van der Waals surface area contributed by atoms with E-state index in [2.05, 4.69) is 39.4 Å². The lowest BCUT2D eigenvalue weighted by molar-refractivity contribution is 0.0503. The molecule has 30 heavy (non-hydrogen) atoms. The van der Waals surface area contributed by atoms with Gasteiger partial charge in [0.05, 0.1) is 18.3 Å². The topological polar surface area (TPSA) is 95.2 Å². The SMILES string of the molecule is CCCC(CN=C(NCC)N1CCN(Cc2ccon2)CC1)NC(=O)OC(C)(C)C. The molecule has 9 nitrogen and oxygen atoms in total. The maximum absolute atomic E-state index is 12.2. The number of amides is 1. The van der Waals surface area contributed by atoms with Gasteiger partial charge in [-0.2, -0.15) is 0 Å². The van der Waals surface area contributed by atoms with E-state index in [0.717, 1.165) is 63.8 Å². The zero-order valence-electron chi connectivity index (χ0n) is 19.1. The molecule has 0 bridgehead atoms. The predicted molar refractivity (Wildman–Crippen MR) is 117 cm³/mol. The van der Waals surface area contributed by atoms with Crippen molar-refractivity contribution in [1.82, 2.24) is 25.6 Å². The standard InChI is InChI=1S/C21H38N6O3/c1-6-8-17(24-20(28)30-21(3,4)5)15-23-19(22-7-2)27-12-10-26(11-13-27)16-18-9-14-29-25-18/h9,14,17H,6-8,10-13,15-16H2,1-5H3,(H,22,23)(H,24,28). The number of alkyl carbamates (subject to hydrolysis) is 1. The van der Waals surface area contributed by atoms with Crippen LogP contribution in [0.5, 0.6) is 0 Å². The van der Waals surface area contributed by atoms with Gasteiger partial charge in [0.2, 0.25) is 0 Å². The highest BCUT2D eigenvalue weighted by Crippen LogP contribution is 2.09. The molecule has 2 N–H and O–H groups in total. The number of hydrogen-bond acceptors (Lipinski definition) is 6. The Bertz CT molecular complexity index is 648. The summed E-state index contributed by atoms with van der Waals surface area (Å²) < 4.78 is 10.3. The average molecular weight is 423 g/mol. The van der Waals surface area contributed by atoms with Gasteiger partial charge >= 0.3 is 6.09 Å². The average Bonchev–Trinajstić information content (AvgIpc) is 3.17. The lowest BCUT2D eigenvalue weighted by atomic mass is 10.1. The van der Waals surface area contributed by atoms with Crippen LogP contribution in [0.4, 0.5) is 4.79 Å². The van der Waals surface area contributed by atoms with Gasteiger partial charge < -0.3 is 24.8 Å². The van der Waals surface area contributed by atoms with Crippen LogP contribution in [0, 0.1) is 0 Å². The predicted octanol–water partition coefficient (Wildman–Crippen LogP) is 2.45. The molecule has 1 aliphatic rings. The summed E-state index contributed by atoms with van der Waals surface area (Å²) in [6.07, 6.45) is 3.04. The minimum atomic E-state index is -0.509. The highest BCUT2D eigenvalue weighted by molar-refractivity contribution is 5.80. The first-order chi connectivity index (χ1) is 14.3. The fraction of sp³-hybridized carbons (Fsp3) is 0.762. The van der Waals surface area contributed by atoms with Gasteiger partial charge in [0.15, 0.2) is 5.96 Å². The largest absolute Gasteiger partial charge is 0.444 e. The fourth-order valence-corrected chi connectivity index (χ4v) is 3.32. The van der Waals surface area contributed by atoms with Crippen LogP contribution in [0.2, 0.25) is 0 Å². The van der Waals surface area contributed by atoms with Crippen molar-refractivity contribution in [2.75, 3.05) is 39.3 Å². The molecule has 1 aromatic rings. The van der Waals surface area contributed by atoms with Crippen LogP contribution in [0.1, 0.15) is 53.2 Å². The first-order valence-electron chi connectivity index (χ1n) is 10.9. The second-order valence-corrected chi connectivity index (χ2v) is 8.58. The summed E-state index contributed by atoms with van der Waals surface area (Å²) in [5.41, 5.74) is 0.449. The van der Waals surface area contributed by atoms with E-state index < -0.39 is 5.60 Å². The Morgan fingerprint density at radius 3 is 2.60 bits per heavy atom. The van der Waals surface area contributed by atoms with E-state index in [-0.39, 0.29) is 12.1 Å². The van der Waals surface area contributed by atoms with Gasteiger partial charge in [0.1, 0.15) is 11.9 Å². The Hall–Kier alpha value is -2.29. The van der Waals surface area contributed by atoms with Crippen LogP contribution >= 0.6 is 0 Å². The van der Waals surface area contributed by atoms with E-state index in [9.17, 15) is 4.79 Å². The van der Waals surface area contributed by atoms with Crippen LogP contribution in [-0.2, 0) is 11.3 Å². The van der Waals surface area contributed by atoms with Gasteiger partial charge in [-0.15, -0.1) is 0 Å². The molecule has 1 fully saturated rings. The van der Waals surface area contributed by atoms with E-state index in [4.69, 9.17) is 14.3 Å². The number of aromatic nitrogens is 1. The molecule has 1 aliphatic heterocycles. The molecule has 1 unspecified atom stereocenters. The van der Waals surface area contributed by atoms with Crippen LogP contribution in [0.25, 0.3) is 0 Å². The van der Waals surface area contributed by atoms with Crippen LogP contribution in [0.3, 0.4) is 0 Å². The number of nitrogens with one attached hydrogen (secondary N) is 2.